The van der Waals surface area contributed by atoms with Crippen LogP contribution in [0.15, 0.2) is 101 Å². The highest BCUT2D eigenvalue weighted by Crippen LogP contribution is 2.32. The fraction of sp³-hybridized carbons (Fsp3) is 0.509. The molecule has 0 aliphatic carbocycles. The zero-order chi connectivity index (χ0) is 56.6. The normalized spacial score (nSPS) is 14.3. The van der Waals surface area contributed by atoms with Gasteiger partial charge < -0.3 is 41.7 Å². The van der Waals surface area contributed by atoms with Gasteiger partial charge in [-0.3, -0.25) is 28.9 Å². The molecule has 0 unspecified atom stereocenters. The predicted molar refractivity (Wildman–Crippen MR) is 287 cm³/mol. The molecule has 0 fully saturated rings. The molecule has 0 saturated carbocycles. The minimum absolute atomic E-state index is 0.0117. The number of carbonyl (C=O) groups excluding carboxylic acids is 6. The average Bonchev–Trinajstić information content (AvgIpc) is 3.32. The number of nitrogens with zero attached hydrogens (tertiary/aromatic N) is 2. The number of hydrogen-bond donors (Lipinski definition) is 7. The first-order valence-corrected chi connectivity index (χ1v) is 26.5. The summed E-state index contributed by atoms with van der Waals surface area (Å²) >= 11 is 0. The predicted octanol–water partition coefficient (Wildman–Crippen LogP) is 5.77. The number of carboxylic acid groups (broad SMARTS) is 1. The van der Waals surface area contributed by atoms with E-state index in [4.69, 9.17) is 10.5 Å². The van der Waals surface area contributed by atoms with Gasteiger partial charge in [0.25, 0.3) is 15.9 Å². The van der Waals surface area contributed by atoms with E-state index in [2.05, 4.69) is 26.0 Å². The van der Waals surface area contributed by atoms with Crippen molar-refractivity contribution in [1.82, 2.24) is 35.8 Å². The summed E-state index contributed by atoms with van der Waals surface area (Å²) in [6.07, 6.45) is 0.977. The molecule has 0 spiro atoms. The van der Waals surface area contributed by atoms with Crippen LogP contribution in [-0.4, -0.2) is 121 Å². The van der Waals surface area contributed by atoms with Crippen LogP contribution in [0.4, 0.5) is 9.59 Å². The minimum Gasteiger partial charge on any atom is -0.465 e. The third kappa shape index (κ3) is 19.1. The van der Waals surface area contributed by atoms with Gasteiger partial charge in [0.1, 0.15) is 23.7 Å². The molecule has 7 amide bonds. The first kappa shape index (κ1) is 62.5. The van der Waals surface area contributed by atoms with E-state index in [0.29, 0.717) is 24.0 Å². The number of ether oxygens (including phenoxy) is 1. The van der Waals surface area contributed by atoms with E-state index in [1.807, 2.05) is 50.2 Å². The second kappa shape index (κ2) is 27.1. The molecule has 0 saturated heterocycles. The van der Waals surface area contributed by atoms with Crippen molar-refractivity contribution in [2.45, 2.75) is 155 Å². The number of nitrogens with one attached hydrogen (secondary N) is 5. The maximum Gasteiger partial charge on any atom is 0.407 e. The van der Waals surface area contributed by atoms with E-state index < -0.39 is 98.4 Å². The monoisotopic (exact) mass is 1060 g/mol. The Hall–Kier alpha value is -6.80. The molecule has 3 aromatic rings. The molecule has 3 aromatic carbocycles. The van der Waals surface area contributed by atoms with Gasteiger partial charge in [-0.25, -0.2) is 22.7 Å². The van der Waals surface area contributed by atoms with E-state index in [-0.39, 0.29) is 42.3 Å². The molecule has 0 aliphatic rings. The van der Waals surface area contributed by atoms with Gasteiger partial charge in [-0.05, 0) is 93.5 Å². The number of unbranched alkanes of at least 4 members (excludes halogenated alkanes) is 1. The Balaban J connectivity index is 1.73. The number of nitrogens with two attached hydrogens (primary N) is 1. The van der Waals surface area contributed by atoms with Gasteiger partial charge in [0.2, 0.25) is 23.6 Å². The molecule has 0 aliphatic heterocycles. The maximum absolute atomic E-state index is 14.5. The fourth-order valence-electron chi connectivity index (χ4n) is 8.27. The van der Waals surface area contributed by atoms with Gasteiger partial charge in [-0.2, -0.15) is 0 Å². The van der Waals surface area contributed by atoms with Gasteiger partial charge in [-0.1, -0.05) is 127 Å². The topological polar surface area (TPSA) is 276 Å². The Bertz CT molecular complexity index is 2580. The lowest BCUT2D eigenvalue weighted by Crippen LogP contribution is -2.62. The molecular weight excluding hydrogens is 981 g/mol. The number of likely N-dealkylation sites (N-methyl/N-ethyl adjacent to an activating group) is 2. The summed E-state index contributed by atoms with van der Waals surface area (Å²) < 4.78 is 34.5. The molecule has 3 rings (SSSR count). The van der Waals surface area contributed by atoms with E-state index in [9.17, 15) is 47.1 Å². The summed E-state index contributed by atoms with van der Waals surface area (Å²) in [5.74, 6) is -3.49. The Morgan fingerprint density at radius 3 is 1.84 bits per heavy atom. The molecule has 0 radical (unpaired) electrons. The largest absolute Gasteiger partial charge is 0.465 e. The lowest BCUT2D eigenvalue weighted by molar-refractivity contribution is -0.141. The molecule has 0 aromatic heterocycles. The fourth-order valence-corrected chi connectivity index (χ4v) is 9.29. The molecule has 5 atom stereocenters. The van der Waals surface area contributed by atoms with Crippen molar-refractivity contribution < 1.29 is 51.8 Å². The molecule has 75 heavy (non-hydrogen) atoms. The Morgan fingerprint density at radius 1 is 0.733 bits per heavy atom. The van der Waals surface area contributed by atoms with Crippen LogP contribution >= 0.6 is 0 Å². The first-order chi connectivity index (χ1) is 34.8. The van der Waals surface area contributed by atoms with Crippen LogP contribution in [0.2, 0.25) is 0 Å². The zero-order valence-corrected chi connectivity index (χ0v) is 46.6. The molecule has 19 nitrogen and oxygen atoms in total. The number of hydrogen-bond acceptors (Lipinski definition) is 11. The highest BCUT2D eigenvalue weighted by atomic mass is 32.2. The number of rotatable bonds is 24. The number of carbonyl (C=O) groups is 7. The van der Waals surface area contributed by atoms with Crippen molar-refractivity contribution in [1.29, 1.82) is 0 Å². The van der Waals surface area contributed by atoms with Crippen molar-refractivity contribution in [3.63, 3.8) is 0 Å². The maximum atomic E-state index is 14.5. The lowest BCUT2D eigenvalue weighted by Gasteiger charge is -2.41. The standard InChI is InChI=1S/C55H80N8O11S/c1-35(2)43(62(12)50(68)44(53(4,5)6)60-49(67)45(63(13)52(70)71)55(10,11)39-24-18-15-19-25-39)32-36(3)46(64)61-75(72,73)40-29-27-38(28-30-40)34-58-48(66)42(26-20-21-31-57-51(69)74-54(7,8)9)59-47(65)41(56)33-37-22-16-14-17-23-37/h14-19,22-25,27-30,32,35,41-45H,20-21,26,31,33-34,56H2,1-13H3,(H,57,69)(H,58,66)(H,59,65)(H,60,67)(H,61,64)(H,70,71)/b36-32+/t41-,42-,43-,44-,45-/m1/s1. The van der Waals surface area contributed by atoms with E-state index >= 15 is 0 Å². The summed E-state index contributed by atoms with van der Waals surface area (Å²) in [5, 5.41) is 21.1. The quantitative estimate of drug-likeness (QED) is 0.0416. The Labute approximate surface area is 443 Å². The molecule has 8 N–H and O–H groups in total. The third-order valence-corrected chi connectivity index (χ3v) is 13.9. The number of alkyl carbamates (subject to hydrolysis) is 1. The van der Waals surface area contributed by atoms with Crippen molar-refractivity contribution in [2.24, 2.45) is 17.1 Å². The highest BCUT2D eigenvalue weighted by Gasteiger charge is 2.45. The SMILES string of the molecule is C/C(=C\[C@H](C(C)C)N(C)C(=O)[C@@H](NC(=O)[C@@H](N(C)C(=O)O)C(C)(C)c1ccccc1)C(C)(C)C)C(=O)NS(=O)(=O)c1ccc(CNC(=O)[C@@H](CCCCNC(=O)OC(C)(C)C)NC(=O)[C@H](N)Cc2ccccc2)cc1. The Kier molecular flexibility index (Phi) is 22.6. The summed E-state index contributed by atoms with van der Waals surface area (Å²) in [7, 11) is -1.61. The molecule has 0 bridgehead atoms. The lowest BCUT2D eigenvalue weighted by atomic mass is 9.76. The van der Waals surface area contributed by atoms with Crippen molar-refractivity contribution in [2.75, 3.05) is 20.6 Å². The summed E-state index contributed by atoms with van der Waals surface area (Å²) in [6, 6.07) is 18.6. The van der Waals surface area contributed by atoms with Crippen molar-refractivity contribution in [3.8, 4) is 0 Å². The van der Waals surface area contributed by atoms with Crippen LogP contribution in [-0.2, 0) is 57.1 Å². The molecule has 0 heterocycles. The summed E-state index contributed by atoms with van der Waals surface area (Å²) in [5.41, 5.74) is 5.72. The average molecular weight is 1060 g/mol. The van der Waals surface area contributed by atoms with E-state index in [1.54, 1.807) is 79.7 Å². The second-order valence-electron chi connectivity index (χ2n) is 21.8. The van der Waals surface area contributed by atoms with E-state index in [0.717, 1.165) is 10.5 Å². The van der Waals surface area contributed by atoms with Crippen LogP contribution in [0, 0.1) is 11.3 Å². The van der Waals surface area contributed by atoms with Crippen LogP contribution < -0.4 is 31.7 Å². The third-order valence-electron chi connectivity index (χ3n) is 12.6. The minimum atomic E-state index is -4.43. The van der Waals surface area contributed by atoms with Crippen LogP contribution in [0.25, 0.3) is 0 Å². The molecular formula is C55H80N8O11S. The zero-order valence-electron chi connectivity index (χ0n) is 45.8. The van der Waals surface area contributed by atoms with Crippen molar-refractivity contribution >= 4 is 51.7 Å². The van der Waals surface area contributed by atoms with Gasteiger partial charge in [0, 0.05) is 38.2 Å². The van der Waals surface area contributed by atoms with E-state index in [1.165, 1.54) is 56.3 Å². The summed E-state index contributed by atoms with van der Waals surface area (Å²) in [4.78, 5) is 95.5. The van der Waals surface area contributed by atoms with Gasteiger partial charge >= 0.3 is 12.2 Å². The highest BCUT2D eigenvalue weighted by molar-refractivity contribution is 7.90. The van der Waals surface area contributed by atoms with Crippen LogP contribution in [0.1, 0.15) is 112 Å². The number of sulfonamides is 1. The second-order valence-corrected chi connectivity index (χ2v) is 23.5. The van der Waals surface area contributed by atoms with Gasteiger partial charge in [-0.15, -0.1) is 0 Å². The van der Waals surface area contributed by atoms with Crippen molar-refractivity contribution in [3.05, 3.63) is 113 Å². The molecule has 412 valence electrons. The molecule has 20 heteroatoms. The number of benzene rings is 3. The summed E-state index contributed by atoms with van der Waals surface area (Å²) in [6.45, 7) is 19.3. The first-order valence-electron chi connectivity index (χ1n) is 25.0. The smallest absolute Gasteiger partial charge is 0.407 e. The Morgan fingerprint density at radius 2 is 1.31 bits per heavy atom. The number of amides is 7. The van der Waals surface area contributed by atoms with Gasteiger partial charge in [0.15, 0.2) is 0 Å². The van der Waals surface area contributed by atoms with Gasteiger partial charge in [0.05, 0.1) is 17.0 Å². The van der Waals surface area contributed by atoms with Crippen LogP contribution in [0.3, 0.4) is 0 Å². The van der Waals surface area contributed by atoms with Crippen LogP contribution in [0.5, 0.6) is 0 Å².